The van der Waals surface area contributed by atoms with E-state index in [2.05, 4.69) is 169 Å². The highest BCUT2D eigenvalue weighted by Gasteiger charge is 2.50. The van der Waals surface area contributed by atoms with E-state index in [0.29, 0.717) is 0 Å². The maximum atomic E-state index is 7.67. The summed E-state index contributed by atoms with van der Waals surface area (Å²) in [5, 5.41) is 6.13. The number of para-hydroxylation sites is 2. The standard InChI is InChI=1S/C57H51BN2O2S/c1-30-25-38-40(56(6,7)23-21-54(38,2)3)28-42(30)59-50-46-35(26-36-31-15-10-12-19-43(31)61-51(36)50)32-17-14-18-34-48(32)60(49-33-16-11-13-20-45(33)63-52(34)49)58(46)47-37-27-39-41(29-44(37)62-53(47)59)57(8,9)24-22-55(39,4)5/h10-20,25-29H,21-24H2,1-9H3. The molecule has 6 aromatic carbocycles. The molecule has 0 bridgehead atoms. The van der Waals surface area contributed by atoms with Crippen molar-refractivity contribution in [3.05, 3.63) is 125 Å². The quantitative estimate of drug-likeness (QED) is 0.154. The van der Waals surface area contributed by atoms with E-state index < -0.39 is 0 Å². The predicted octanol–water partition coefficient (Wildman–Crippen LogP) is 15.1. The molecule has 6 heterocycles. The van der Waals surface area contributed by atoms with Gasteiger partial charge < -0.3 is 13.3 Å². The Bertz CT molecular complexity index is 3730. The molecule has 2 aliphatic carbocycles. The van der Waals surface area contributed by atoms with E-state index in [1.165, 1.54) is 98.6 Å². The van der Waals surface area contributed by atoms with E-state index in [0.717, 1.165) is 58.4 Å². The fourth-order valence-electron chi connectivity index (χ4n) is 12.9. The van der Waals surface area contributed by atoms with Crippen molar-refractivity contribution < 1.29 is 8.83 Å². The van der Waals surface area contributed by atoms with Crippen LogP contribution in [0.1, 0.15) is 109 Å². The first-order chi connectivity index (χ1) is 30.1. The average molecular weight is 839 g/mol. The first-order valence-electron chi connectivity index (χ1n) is 23.1. The number of hydrogen-bond donors (Lipinski definition) is 0. The lowest BCUT2D eigenvalue weighted by atomic mass is 9.45. The third-order valence-electron chi connectivity index (χ3n) is 16.6. The summed E-state index contributed by atoms with van der Waals surface area (Å²) in [6, 6.07) is 37.2. The molecular formula is C57H51BN2O2S. The minimum absolute atomic E-state index is 0.0185. The molecule has 0 atom stereocenters. The number of aromatic nitrogens is 1. The van der Waals surface area contributed by atoms with Gasteiger partial charge >= 0.3 is 6.85 Å². The van der Waals surface area contributed by atoms with Crippen LogP contribution in [0.3, 0.4) is 0 Å². The van der Waals surface area contributed by atoms with Gasteiger partial charge in [0, 0.05) is 48.2 Å². The van der Waals surface area contributed by atoms with Gasteiger partial charge in [-0.25, -0.2) is 0 Å². The fraction of sp³-hybridized carbons (Fsp3) is 0.298. The second kappa shape index (κ2) is 11.5. The van der Waals surface area contributed by atoms with E-state index in [1.807, 2.05) is 11.3 Å². The monoisotopic (exact) mass is 838 g/mol. The molecule has 0 spiro atoms. The Kier molecular flexibility index (Phi) is 6.71. The van der Waals surface area contributed by atoms with Crippen LogP contribution in [0, 0.1) is 6.92 Å². The predicted molar refractivity (Wildman–Crippen MR) is 268 cm³/mol. The maximum Gasteiger partial charge on any atom is 0.337 e. The molecule has 4 aliphatic rings. The topological polar surface area (TPSA) is 34.5 Å². The minimum atomic E-state index is -0.168. The van der Waals surface area contributed by atoms with Gasteiger partial charge in [0.05, 0.1) is 21.6 Å². The van der Waals surface area contributed by atoms with Gasteiger partial charge in [0.15, 0.2) is 5.58 Å². The van der Waals surface area contributed by atoms with E-state index in [9.17, 15) is 0 Å². The van der Waals surface area contributed by atoms with Gasteiger partial charge in [-0.1, -0.05) is 116 Å². The van der Waals surface area contributed by atoms with Crippen molar-refractivity contribution in [2.45, 2.75) is 110 Å². The van der Waals surface area contributed by atoms with Crippen molar-refractivity contribution in [2.75, 3.05) is 4.90 Å². The average Bonchev–Trinajstić information content (AvgIpc) is 4.02. The Hall–Kier alpha value is -5.72. The fourth-order valence-corrected chi connectivity index (χ4v) is 14.1. The molecule has 10 aromatic rings. The number of hydrogen-bond acceptors (Lipinski definition) is 4. The van der Waals surface area contributed by atoms with Gasteiger partial charge in [-0.05, 0) is 130 Å². The molecular weight excluding hydrogens is 788 g/mol. The summed E-state index contributed by atoms with van der Waals surface area (Å²) in [5.41, 5.74) is 20.0. The molecule has 0 saturated heterocycles. The number of anilines is 3. The third kappa shape index (κ3) is 4.49. The van der Waals surface area contributed by atoms with E-state index in [4.69, 9.17) is 8.83 Å². The molecule has 0 saturated carbocycles. The SMILES string of the molecule is Cc1cc2c(cc1N1c3oc4cc5c(cc4c3B3c4c(cc6c(oc7ccccc76)c41)-c1cccc4c6sc7ccccc7c6n3c14)C(C)(C)CCC5(C)C)C(C)(C)CCC2(C)C. The zero-order valence-electron chi connectivity index (χ0n) is 37.8. The van der Waals surface area contributed by atoms with Gasteiger partial charge in [0.2, 0.25) is 5.88 Å². The number of benzene rings is 6. The molecule has 14 rings (SSSR count). The van der Waals surface area contributed by atoms with Crippen LogP contribution in [0.2, 0.25) is 0 Å². The van der Waals surface area contributed by atoms with E-state index in [1.54, 1.807) is 0 Å². The first-order valence-corrected chi connectivity index (χ1v) is 23.9. The molecule has 0 radical (unpaired) electrons. The van der Waals surface area contributed by atoms with Crippen molar-refractivity contribution in [2.24, 2.45) is 0 Å². The second-order valence-electron chi connectivity index (χ2n) is 22.2. The molecule has 6 heteroatoms. The number of nitrogens with zero attached hydrogens (tertiary/aromatic N) is 2. The van der Waals surface area contributed by atoms with Crippen LogP contribution in [-0.2, 0) is 21.7 Å². The van der Waals surface area contributed by atoms with Crippen molar-refractivity contribution in [3.63, 3.8) is 0 Å². The summed E-state index contributed by atoms with van der Waals surface area (Å²) >= 11 is 1.93. The Labute approximate surface area is 372 Å². The van der Waals surface area contributed by atoms with E-state index in [-0.39, 0.29) is 28.5 Å². The highest BCUT2D eigenvalue weighted by molar-refractivity contribution is 7.27. The van der Waals surface area contributed by atoms with Gasteiger partial charge in [0.1, 0.15) is 11.2 Å². The van der Waals surface area contributed by atoms with Crippen molar-refractivity contribution >= 4 is 110 Å². The van der Waals surface area contributed by atoms with Crippen LogP contribution in [0.4, 0.5) is 17.3 Å². The smallest absolute Gasteiger partial charge is 0.337 e. The molecule has 4 nitrogen and oxygen atoms in total. The summed E-state index contributed by atoms with van der Waals surface area (Å²) in [7, 11) is 0. The molecule has 4 aromatic heterocycles. The number of fused-ring (bicyclic) bond motifs is 17. The molecule has 0 unspecified atom stereocenters. The van der Waals surface area contributed by atoms with Crippen LogP contribution in [-0.4, -0.2) is 11.3 Å². The Morgan fingerprint density at radius 2 is 1.17 bits per heavy atom. The Morgan fingerprint density at radius 3 is 1.92 bits per heavy atom. The lowest BCUT2D eigenvalue weighted by Crippen LogP contribution is -2.56. The molecule has 2 aliphatic heterocycles. The number of aryl methyl sites for hydroxylation is 1. The Morgan fingerprint density at radius 1 is 0.540 bits per heavy atom. The lowest BCUT2D eigenvalue weighted by Gasteiger charge is -2.44. The highest BCUT2D eigenvalue weighted by Crippen LogP contribution is 2.56. The van der Waals surface area contributed by atoms with Crippen LogP contribution >= 0.6 is 11.3 Å². The van der Waals surface area contributed by atoms with E-state index >= 15 is 0 Å². The van der Waals surface area contributed by atoms with Crippen LogP contribution < -0.4 is 15.8 Å². The minimum Gasteiger partial charge on any atom is -0.454 e. The maximum absolute atomic E-state index is 7.67. The van der Waals surface area contributed by atoms with Gasteiger partial charge in [-0.15, -0.1) is 11.3 Å². The molecule has 0 fully saturated rings. The van der Waals surface area contributed by atoms with Crippen LogP contribution in [0.15, 0.2) is 106 Å². The molecule has 0 N–H and O–H groups in total. The zero-order chi connectivity index (χ0) is 42.9. The second-order valence-corrected chi connectivity index (χ2v) is 23.2. The molecule has 310 valence electrons. The normalized spacial score (nSPS) is 18.7. The summed E-state index contributed by atoms with van der Waals surface area (Å²) in [6.45, 7) is 21.7. The van der Waals surface area contributed by atoms with Crippen LogP contribution in [0.25, 0.3) is 75.2 Å². The van der Waals surface area contributed by atoms with Crippen molar-refractivity contribution in [1.82, 2.24) is 4.48 Å². The molecule has 63 heavy (non-hydrogen) atoms. The third-order valence-corrected chi connectivity index (χ3v) is 17.8. The van der Waals surface area contributed by atoms with Crippen molar-refractivity contribution in [3.8, 4) is 11.1 Å². The number of furan rings is 2. The van der Waals surface area contributed by atoms with Gasteiger partial charge in [-0.3, -0.25) is 4.90 Å². The van der Waals surface area contributed by atoms with Crippen LogP contribution in [0.5, 0.6) is 0 Å². The zero-order valence-corrected chi connectivity index (χ0v) is 38.6. The largest absolute Gasteiger partial charge is 0.454 e. The van der Waals surface area contributed by atoms with Crippen molar-refractivity contribution in [1.29, 1.82) is 0 Å². The number of thiophene rings is 1. The number of rotatable bonds is 1. The summed E-state index contributed by atoms with van der Waals surface area (Å²) in [4.78, 5) is 2.52. The van der Waals surface area contributed by atoms with Gasteiger partial charge in [0.25, 0.3) is 0 Å². The van der Waals surface area contributed by atoms with Gasteiger partial charge in [-0.2, -0.15) is 0 Å². The Balaban J connectivity index is 1.21. The summed E-state index contributed by atoms with van der Waals surface area (Å²) in [6.07, 6.45) is 4.61. The summed E-state index contributed by atoms with van der Waals surface area (Å²) < 4.78 is 20.3. The first kappa shape index (κ1) is 36.7. The summed E-state index contributed by atoms with van der Waals surface area (Å²) in [5.74, 6) is 0.907. The lowest BCUT2D eigenvalue weighted by molar-refractivity contribution is 0.332. The molecule has 0 amide bonds. The highest BCUT2D eigenvalue weighted by atomic mass is 32.1.